The van der Waals surface area contributed by atoms with Crippen LogP contribution in [-0.4, -0.2) is 5.97 Å². The molecular weight excluding hydrogens is 254 g/mol. The molecule has 1 aromatic rings. The molecule has 0 atom stereocenters. The summed E-state index contributed by atoms with van der Waals surface area (Å²) < 4.78 is 0. The molecule has 4 heteroatoms. The van der Waals surface area contributed by atoms with E-state index in [2.05, 4.69) is 11.0 Å². The summed E-state index contributed by atoms with van der Waals surface area (Å²) in [5, 5.41) is 9.31. The van der Waals surface area contributed by atoms with Crippen LogP contribution in [0.5, 0.6) is 0 Å². The molecule has 1 saturated carbocycles. The van der Waals surface area contributed by atoms with Crippen molar-refractivity contribution in [1.82, 2.24) is 0 Å². The molecule has 106 valence electrons. The van der Waals surface area contributed by atoms with Gasteiger partial charge in [-0.05, 0) is 36.0 Å². The Kier molecular flexibility index (Phi) is 5.14. The Labute approximate surface area is 119 Å². The van der Waals surface area contributed by atoms with Crippen LogP contribution in [0.2, 0.25) is 0 Å². The smallest absolute Gasteiger partial charge is 0.298 e. The van der Waals surface area contributed by atoms with Gasteiger partial charge in [0.1, 0.15) is 6.61 Å². The topological polar surface area (TPSA) is 59.3 Å². The van der Waals surface area contributed by atoms with E-state index in [1.54, 1.807) is 0 Å². The first-order chi connectivity index (χ1) is 9.72. The Morgan fingerprint density at radius 1 is 1.35 bits per heavy atom. The second-order valence-corrected chi connectivity index (χ2v) is 5.16. The fourth-order valence-electron chi connectivity index (χ4n) is 2.89. The van der Waals surface area contributed by atoms with Crippen LogP contribution < -0.4 is 0 Å². The summed E-state index contributed by atoms with van der Waals surface area (Å²) in [5.41, 5.74) is 2.72. The molecular formula is C16H19NO3. The van der Waals surface area contributed by atoms with Crippen LogP contribution in [0.4, 0.5) is 0 Å². The zero-order valence-corrected chi connectivity index (χ0v) is 11.7. The van der Waals surface area contributed by atoms with Crippen molar-refractivity contribution in [1.29, 1.82) is 5.26 Å². The molecule has 0 N–H and O–H groups in total. The lowest BCUT2D eigenvalue weighted by molar-refractivity contribution is -0.277. The highest BCUT2D eigenvalue weighted by molar-refractivity contribution is 5.65. The lowest BCUT2D eigenvalue weighted by Gasteiger charge is -2.25. The average molecular weight is 273 g/mol. The van der Waals surface area contributed by atoms with E-state index in [-0.39, 0.29) is 6.61 Å². The van der Waals surface area contributed by atoms with Gasteiger partial charge in [-0.2, -0.15) is 10.1 Å². The van der Waals surface area contributed by atoms with Crippen molar-refractivity contribution in [3.63, 3.8) is 0 Å². The molecule has 1 fully saturated rings. The van der Waals surface area contributed by atoms with Gasteiger partial charge in [0.05, 0.1) is 11.6 Å². The van der Waals surface area contributed by atoms with Crippen molar-refractivity contribution in [2.75, 3.05) is 0 Å². The molecule has 0 heterocycles. The maximum Gasteiger partial charge on any atom is 0.339 e. The van der Waals surface area contributed by atoms with Crippen LogP contribution in [0.1, 0.15) is 61.6 Å². The number of hydrogen-bond acceptors (Lipinski definition) is 4. The molecule has 0 bridgehead atoms. The van der Waals surface area contributed by atoms with Crippen LogP contribution in [0.25, 0.3) is 0 Å². The van der Waals surface area contributed by atoms with Gasteiger partial charge in [-0.25, -0.2) is 4.79 Å². The van der Waals surface area contributed by atoms with E-state index in [1.165, 1.54) is 26.2 Å². The molecule has 2 rings (SSSR count). The van der Waals surface area contributed by atoms with Crippen LogP contribution in [0.15, 0.2) is 18.2 Å². The van der Waals surface area contributed by atoms with Crippen molar-refractivity contribution in [2.24, 2.45) is 0 Å². The molecule has 0 amide bonds. The third kappa shape index (κ3) is 3.58. The van der Waals surface area contributed by atoms with Crippen LogP contribution >= 0.6 is 0 Å². The molecule has 1 aliphatic carbocycles. The maximum absolute atomic E-state index is 10.7. The summed E-state index contributed by atoms with van der Waals surface area (Å²) in [7, 11) is 0. The summed E-state index contributed by atoms with van der Waals surface area (Å²) in [6.07, 6.45) is 5.90. The highest BCUT2D eigenvalue weighted by atomic mass is 17.2. The molecule has 0 unspecified atom stereocenters. The molecule has 1 aliphatic rings. The molecule has 0 aliphatic heterocycles. The van der Waals surface area contributed by atoms with Crippen molar-refractivity contribution in [3.8, 4) is 6.07 Å². The van der Waals surface area contributed by atoms with Crippen LogP contribution in [-0.2, 0) is 21.2 Å². The van der Waals surface area contributed by atoms with Crippen molar-refractivity contribution < 1.29 is 14.6 Å². The molecule has 0 saturated heterocycles. The van der Waals surface area contributed by atoms with E-state index in [4.69, 9.17) is 4.89 Å². The summed E-state index contributed by atoms with van der Waals surface area (Å²) >= 11 is 0. The second kappa shape index (κ2) is 7.06. The van der Waals surface area contributed by atoms with E-state index in [0.717, 1.165) is 24.0 Å². The number of nitriles is 1. The summed E-state index contributed by atoms with van der Waals surface area (Å²) in [4.78, 5) is 20.2. The summed E-state index contributed by atoms with van der Waals surface area (Å²) in [6, 6.07) is 7.90. The maximum atomic E-state index is 10.7. The van der Waals surface area contributed by atoms with Crippen molar-refractivity contribution in [3.05, 3.63) is 34.9 Å². The zero-order chi connectivity index (χ0) is 14.4. The highest BCUT2D eigenvalue weighted by Gasteiger charge is 2.21. The quantitative estimate of drug-likeness (QED) is 0.621. The van der Waals surface area contributed by atoms with Gasteiger partial charge in [-0.15, -0.1) is 0 Å². The molecule has 1 aromatic carbocycles. The van der Waals surface area contributed by atoms with Crippen LogP contribution in [0.3, 0.4) is 0 Å². The largest absolute Gasteiger partial charge is 0.339 e. The van der Waals surface area contributed by atoms with Gasteiger partial charge in [0.15, 0.2) is 0 Å². The van der Waals surface area contributed by atoms with Gasteiger partial charge in [-0.1, -0.05) is 31.4 Å². The average Bonchev–Trinajstić information content (AvgIpc) is 2.47. The van der Waals surface area contributed by atoms with Gasteiger partial charge in [0.25, 0.3) is 0 Å². The van der Waals surface area contributed by atoms with Gasteiger partial charge >= 0.3 is 5.97 Å². The lowest BCUT2D eigenvalue weighted by atomic mass is 9.80. The molecule has 4 nitrogen and oxygen atoms in total. The number of carbonyl (C=O) groups excluding carboxylic acids is 1. The van der Waals surface area contributed by atoms with Gasteiger partial charge in [-0.3, -0.25) is 4.89 Å². The van der Waals surface area contributed by atoms with Crippen LogP contribution in [0, 0.1) is 11.3 Å². The van der Waals surface area contributed by atoms with Gasteiger partial charge in [0.2, 0.25) is 0 Å². The third-order valence-corrected chi connectivity index (χ3v) is 3.72. The number of carbonyl (C=O) groups is 1. The second-order valence-electron chi connectivity index (χ2n) is 5.16. The zero-order valence-electron chi connectivity index (χ0n) is 11.7. The summed E-state index contributed by atoms with van der Waals surface area (Å²) in [5.74, 6) is -0.0591. The normalized spacial score (nSPS) is 15.6. The van der Waals surface area contributed by atoms with E-state index in [9.17, 15) is 10.1 Å². The predicted molar refractivity (Wildman–Crippen MR) is 73.5 cm³/mol. The standard InChI is InChI=1S/C16H19NO3/c1-12(18)20-19-11-15-9-5-8-14(10-17)16(15)13-6-3-2-4-7-13/h5,8-9,13H,2-4,6-7,11H2,1H3. The predicted octanol–water partition coefficient (Wildman–Crippen LogP) is 3.60. The lowest BCUT2D eigenvalue weighted by Crippen LogP contribution is -2.11. The first-order valence-corrected chi connectivity index (χ1v) is 7.04. The number of benzene rings is 1. The van der Waals surface area contributed by atoms with E-state index in [1.807, 2.05) is 18.2 Å². The van der Waals surface area contributed by atoms with Crippen molar-refractivity contribution in [2.45, 2.75) is 51.6 Å². The van der Waals surface area contributed by atoms with Gasteiger partial charge in [0, 0.05) is 6.92 Å². The fraction of sp³-hybridized carbons (Fsp3) is 0.500. The molecule has 0 spiro atoms. The number of nitrogens with zero attached hydrogens (tertiary/aromatic N) is 1. The Hall–Kier alpha value is -1.86. The van der Waals surface area contributed by atoms with E-state index >= 15 is 0 Å². The third-order valence-electron chi connectivity index (χ3n) is 3.72. The first-order valence-electron chi connectivity index (χ1n) is 7.04. The van der Waals surface area contributed by atoms with Crippen molar-refractivity contribution >= 4 is 5.97 Å². The monoisotopic (exact) mass is 273 g/mol. The van der Waals surface area contributed by atoms with E-state index < -0.39 is 5.97 Å². The first kappa shape index (κ1) is 14.5. The summed E-state index contributed by atoms with van der Waals surface area (Å²) in [6.45, 7) is 1.49. The molecule has 0 aromatic heterocycles. The fourth-order valence-corrected chi connectivity index (χ4v) is 2.89. The number of rotatable bonds is 4. The minimum atomic E-state index is -0.472. The SMILES string of the molecule is CC(=O)OOCc1cccc(C#N)c1C1CCCCC1. The van der Waals surface area contributed by atoms with E-state index in [0.29, 0.717) is 11.5 Å². The minimum absolute atomic E-state index is 0.195. The molecule has 0 radical (unpaired) electrons. The van der Waals surface area contributed by atoms with Gasteiger partial charge < -0.3 is 0 Å². The Bertz CT molecular complexity index is 513. The molecule has 20 heavy (non-hydrogen) atoms. The Balaban J connectivity index is 2.21. The highest BCUT2D eigenvalue weighted by Crippen LogP contribution is 2.36. The Morgan fingerprint density at radius 3 is 2.75 bits per heavy atom. The Morgan fingerprint density at radius 2 is 2.10 bits per heavy atom. The minimum Gasteiger partial charge on any atom is -0.298 e. The number of hydrogen-bond donors (Lipinski definition) is 0.